The third-order valence-electron chi connectivity index (χ3n) is 6.84. The van der Waals surface area contributed by atoms with Crippen molar-refractivity contribution in [3.05, 3.63) is 106 Å². The lowest BCUT2D eigenvalue weighted by Crippen LogP contribution is -2.22. The Morgan fingerprint density at radius 3 is 2.66 bits per heavy atom. The lowest BCUT2D eigenvalue weighted by Gasteiger charge is -2.28. The summed E-state index contributed by atoms with van der Waals surface area (Å²) in [4.78, 5) is 5.84. The van der Waals surface area contributed by atoms with Crippen molar-refractivity contribution in [2.24, 2.45) is 5.16 Å². The number of benzene rings is 3. The quantitative estimate of drug-likeness (QED) is 0.197. The van der Waals surface area contributed by atoms with Crippen LogP contribution in [0.2, 0.25) is 0 Å². The van der Waals surface area contributed by atoms with Crippen LogP contribution in [0.1, 0.15) is 54.3 Å². The number of aliphatic hydroxyl groups excluding tert-OH is 1. The zero-order valence-electron chi connectivity index (χ0n) is 23.7. The molecule has 3 aromatic carbocycles. The first-order valence-corrected chi connectivity index (χ1v) is 13.4. The van der Waals surface area contributed by atoms with Gasteiger partial charge in [-0.25, -0.2) is 4.68 Å². The molecule has 0 amide bonds. The molecule has 212 valence electrons. The van der Waals surface area contributed by atoms with E-state index in [-0.39, 0.29) is 19.3 Å². The number of nitrogens with zero attached hydrogens (tertiary/aromatic N) is 4. The summed E-state index contributed by atoms with van der Waals surface area (Å²) in [6.45, 7) is 4.26. The largest absolute Gasteiger partial charge is 0.497 e. The average Bonchev–Trinajstić information content (AvgIpc) is 3.48. The number of fused-ring (bicyclic) bond motifs is 1. The van der Waals surface area contributed by atoms with E-state index in [0.717, 1.165) is 51.6 Å². The Morgan fingerprint density at radius 1 is 1.10 bits per heavy atom. The molecule has 0 fully saturated rings. The number of allylic oxidation sites excluding steroid dienone is 2. The van der Waals surface area contributed by atoms with Gasteiger partial charge in [-0.05, 0) is 67.3 Å². The summed E-state index contributed by atoms with van der Waals surface area (Å²) >= 11 is 0. The molecule has 5 rings (SSSR count). The minimum absolute atomic E-state index is 0.0410. The summed E-state index contributed by atoms with van der Waals surface area (Å²) in [5.74, 6) is 2.23. The fourth-order valence-corrected chi connectivity index (χ4v) is 4.63. The fraction of sp³-hybridized carbons (Fsp3) is 0.281. The predicted octanol–water partition coefficient (Wildman–Crippen LogP) is 5.73. The number of oxime groups is 1. The van der Waals surface area contributed by atoms with Crippen LogP contribution in [0.3, 0.4) is 0 Å². The molecule has 9 nitrogen and oxygen atoms in total. The first kappa shape index (κ1) is 27.9. The van der Waals surface area contributed by atoms with Gasteiger partial charge < -0.3 is 24.2 Å². The number of ether oxygens (including phenoxy) is 3. The second-order valence-electron chi connectivity index (χ2n) is 10.0. The van der Waals surface area contributed by atoms with Gasteiger partial charge in [0.15, 0.2) is 6.61 Å². The highest BCUT2D eigenvalue weighted by Gasteiger charge is 2.29. The lowest BCUT2D eigenvalue weighted by atomic mass is 9.93. The molecule has 0 saturated carbocycles. The van der Waals surface area contributed by atoms with Crippen molar-refractivity contribution in [1.82, 2.24) is 15.0 Å². The van der Waals surface area contributed by atoms with E-state index < -0.39 is 0 Å². The van der Waals surface area contributed by atoms with E-state index in [4.69, 9.17) is 19.0 Å². The second-order valence-corrected chi connectivity index (χ2v) is 10.0. The van der Waals surface area contributed by atoms with Crippen LogP contribution in [0.15, 0.2) is 83.7 Å². The van der Waals surface area contributed by atoms with Crippen molar-refractivity contribution < 1.29 is 24.2 Å². The molecule has 0 aliphatic carbocycles. The molecule has 0 unspecified atom stereocenters. The van der Waals surface area contributed by atoms with Crippen LogP contribution < -0.4 is 14.2 Å². The first-order valence-electron chi connectivity index (χ1n) is 13.4. The minimum atomic E-state index is -0.260. The van der Waals surface area contributed by atoms with Gasteiger partial charge in [0.25, 0.3) is 0 Å². The number of rotatable bonds is 10. The lowest BCUT2D eigenvalue weighted by molar-refractivity contribution is 0.124. The zero-order chi connectivity index (χ0) is 28.8. The number of hydrogen-bond donors (Lipinski definition) is 1. The number of aliphatic hydroxyl groups is 1. The molecule has 0 radical (unpaired) electrons. The monoisotopic (exact) mass is 554 g/mol. The number of methoxy groups -OCH3 is 2. The van der Waals surface area contributed by atoms with Crippen molar-refractivity contribution in [3.63, 3.8) is 0 Å². The molecule has 0 saturated heterocycles. The first-order chi connectivity index (χ1) is 20.0. The molecular weight excluding hydrogens is 520 g/mol. The Morgan fingerprint density at radius 2 is 1.93 bits per heavy atom. The molecular formula is C32H34N4O5. The van der Waals surface area contributed by atoms with Gasteiger partial charge in [-0.3, -0.25) is 0 Å². The Hall–Kier alpha value is -4.63. The Balaban J connectivity index is 1.42. The van der Waals surface area contributed by atoms with Crippen LogP contribution in [0.4, 0.5) is 0 Å². The van der Waals surface area contributed by atoms with Crippen LogP contribution in [-0.4, -0.2) is 40.0 Å². The van der Waals surface area contributed by atoms with Gasteiger partial charge in [0, 0.05) is 18.1 Å². The van der Waals surface area contributed by atoms with Gasteiger partial charge in [-0.1, -0.05) is 46.3 Å². The highest BCUT2D eigenvalue weighted by atomic mass is 16.6. The van der Waals surface area contributed by atoms with Crippen LogP contribution >= 0.6 is 0 Å². The predicted molar refractivity (Wildman–Crippen MR) is 156 cm³/mol. The standard InChI is InChI=1S/C32H34N4O5/c1-21(2)8-9-24-15-28-29(34-40-20-25-18-36(35-33-25)26-7-5-6-22(14-26)19-37)16-31(41-32(28)17-30(24)39-4)23-10-12-27(38-3)13-11-23/h5-8,10-15,17-18,31,37H,9,16,19-20H2,1-4H3/b34-29-/t31-/m0/s1. The van der Waals surface area contributed by atoms with Crippen molar-refractivity contribution in [2.45, 2.75) is 46.0 Å². The van der Waals surface area contributed by atoms with E-state index in [9.17, 15) is 5.11 Å². The molecule has 0 spiro atoms. The van der Waals surface area contributed by atoms with Crippen LogP contribution in [0, 0.1) is 0 Å². The third kappa shape index (κ3) is 6.58. The van der Waals surface area contributed by atoms with Gasteiger partial charge in [-0.2, -0.15) is 0 Å². The molecule has 0 bridgehead atoms. The fourth-order valence-electron chi connectivity index (χ4n) is 4.63. The molecule has 4 aromatic rings. The maximum absolute atomic E-state index is 9.44. The molecule has 1 N–H and O–H groups in total. The molecule has 2 heterocycles. The Bertz CT molecular complexity index is 1550. The van der Waals surface area contributed by atoms with Crippen molar-refractivity contribution >= 4 is 5.71 Å². The normalized spacial score (nSPS) is 15.1. The maximum atomic E-state index is 9.44. The summed E-state index contributed by atoms with van der Waals surface area (Å²) in [6, 6.07) is 19.3. The minimum Gasteiger partial charge on any atom is -0.497 e. The smallest absolute Gasteiger partial charge is 0.162 e. The summed E-state index contributed by atoms with van der Waals surface area (Å²) in [7, 11) is 3.32. The number of hydrogen-bond acceptors (Lipinski definition) is 8. The molecule has 41 heavy (non-hydrogen) atoms. The van der Waals surface area contributed by atoms with Gasteiger partial charge in [0.05, 0.1) is 38.4 Å². The van der Waals surface area contributed by atoms with Gasteiger partial charge in [-0.15, -0.1) is 5.10 Å². The van der Waals surface area contributed by atoms with E-state index in [2.05, 4.69) is 41.5 Å². The van der Waals surface area contributed by atoms with E-state index in [1.807, 2.05) is 54.6 Å². The summed E-state index contributed by atoms with van der Waals surface area (Å²) in [6.07, 6.45) is 4.95. The number of aromatic nitrogens is 3. The van der Waals surface area contributed by atoms with Crippen LogP contribution in [0.25, 0.3) is 5.69 Å². The molecule has 1 aliphatic heterocycles. The summed E-state index contributed by atoms with van der Waals surface area (Å²) < 4.78 is 19.2. The topological polar surface area (TPSA) is 100 Å². The molecule has 1 atom stereocenters. The van der Waals surface area contributed by atoms with Crippen molar-refractivity contribution in [1.29, 1.82) is 0 Å². The van der Waals surface area contributed by atoms with Gasteiger partial charge in [0.1, 0.15) is 29.0 Å². The van der Waals surface area contributed by atoms with Crippen LogP contribution in [0.5, 0.6) is 17.2 Å². The van der Waals surface area contributed by atoms with E-state index in [1.54, 1.807) is 25.1 Å². The Kier molecular flexibility index (Phi) is 8.64. The third-order valence-corrected chi connectivity index (χ3v) is 6.84. The maximum Gasteiger partial charge on any atom is 0.162 e. The average molecular weight is 555 g/mol. The highest BCUT2D eigenvalue weighted by Crippen LogP contribution is 2.40. The van der Waals surface area contributed by atoms with Gasteiger partial charge >= 0.3 is 0 Å². The van der Waals surface area contributed by atoms with Crippen LogP contribution in [-0.2, 0) is 24.5 Å². The van der Waals surface area contributed by atoms with Crippen molar-refractivity contribution in [2.75, 3.05) is 14.2 Å². The Labute approximate surface area is 239 Å². The van der Waals surface area contributed by atoms with E-state index >= 15 is 0 Å². The highest BCUT2D eigenvalue weighted by molar-refractivity contribution is 6.04. The summed E-state index contributed by atoms with van der Waals surface area (Å²) in [5, 5.41) is 22.4. The molecule has 9 heteroatoms. The van der Waals surface area contributed by atoms with Crippen molar-refractivity contribution in [3.8, 4) is 22.9 Å². The molecule has 1 aliphatic rings. The zero-order valence-corrected chi connectivity index (χ0v) is 23.7. The van der Waals surface area contributed by atoms with E-state index in [0.29, 0.717) is 17.9 Å². The SMILES string of the molecule is COc1ccc([C@@H]2C/C(=N/OCc3cn(-c4cccc(CO)c4)nn3)c3cc(CC=C(C)C)c(OC)cc3O2)cc1. The van der Waals surface area contributed by atoms with E-state index in [1.165, 1.54) is 5.57 Å². The second kappa shape index (κ2) is 12.7. The molecule has 1 aromatic heterocycles. The summed E-state index contributed by atoms with van der Waals surface area (Å²) in [5.41, 5.74) is 7.15. The van der Waals surface area contributed by atoms with Gasteiger partial charge in [0.2, 0.25) is 0 Å².